The van der Waals surface area contributed by atoms with E-state index in [-0.39, 0.29) is 0 Å². The van der Waals surface area contributed by atoms with E-state index < -0.39 is 0 Å². The maximum absolute atomic E-state index is 5.72. The van der Waals surface area contributed by atoms with Crippen molar-refractivity contribution in [3.8, 4) is 5.75 Å². The zero-order valence-electron chi connectivity index (χ0n) is 9.07. The first-order valence-electron chi connectivity index (χ1n) is 4.99. The van der Waals surface area contributed by atoms with Crippen molar-refractivity contribution in [1.82, 2.24) is 0 Å². The van der Waals surface area contributed by atoms with Gasteiger partial charge in [-0.25, -0.2) is 0 Å². The van der Waals surface area contributed by atoms with E-state index in [4.69, 9.17) is 14.9 Å². The first-order valence-corrected chi connectivity index (χ1v) is 4.99. The summed E-state index contributed by atoms with van der Waals surface area (Å²) in [4.78, 5) is 0. The third-order valence-electron chi connectivity index (χ3n) is 2.28. The fraction of sp³-hybridized carbons (Fsp3) is 0.167. The summed E-state index contributed by atoms with van der Waals surface area (Å²) in [7, 11) is 1.60. The Morgan fingerprint density at radius 2 is 2.25 bits per heavy atom. The Hall–Kier alpha value is -2.10. The van der Waals surface area contributed by atoms with Crippen molar-refractivity contribution < 1.29 is 9.15 Å². The van der Waals surface area contributed by atoms with E-state index in [2.05, 4.69) is 5.32 Å². The Morgan fingerprint density at radius 1 is 1.38 bits per heavy atom. The van der Waals surface area contributed by atoms with Gasteiger partial charge in [0.1, 0.15) is 11.5 Å². The molecule has 0 aliphatic carbocycles. The fourth-order valence-corrected chi connectivity index (χ4v) is 1.42. The monoisotopic (exact) mass is 218 g/mol. The molecule has 0 saturated carbocycles. The van der Waals surface area contributed by atoms with Crippen LogP contribution in [0.2, 0.25) is 0 Å². The molecule has 0 fully saturated rings. The van der Waals surface area contributed by atoms with Gasteiger partial charge in [0.25, 0.3) is 0 Å². The second-order valence-corrected chi connectivity index (χ2v) is 3.39. The van der Waals surface area contributed by atoms with Gasteiger partial charge in [0.2, 0.25) is 0 Å². The SMILES string of the molecule is COc1cc(NCc2ccco2)ccc1N. The van der Waals surface area contributed by atoms with Crippen LogP contribution in [0.15, 0.2) is 41.0 Å². The predicted molar refractivity (Wildman–Crippen MR) is 63.4 cm³/mol. The Labute approximate surface area is 94.0 Å². The largest absolute Gasteiger partial charge is 0.495 e. The number of furan rings is 1. The van der Waals surface area contributed by atoms with Gasteiger partial charge in [-0.3, -0.25) is 0 Å². The van der Waals surface area contributed by atoms with Crippen LogP contribution in [0.1, 0.15) is 5.76 Å². The Balaban J connectivity index is 2.04. The van der Waals surface area contributed by atoms with E-state index in [1.165, 1.54) is 0 Å². The van der Waals surface area contributed by atoms with E-state index in [0.29, 0.717) is 18.0 Å². The van der Waals surface area contributed by atoms with Gasteiger partial charge in [-0.1, -0.05) is 0 Å². The smallest absolute Gasteiger partial charge is 0.143 e. The van der Waals surface area contributed by atoms with Gasteiger partial charge in [-0.05, 0) is 24.3 Å². The zero-order chi connectivity index (χ0) is 11.4. The van der Waals surface area contributed by atoms with Crippen molar-refractivity contribution in [2.24, 2.45) is 0 Å². The minimum Gasteiger partial charge on any atom is -0.495 e. The van der Waals surface area contributed by atoms with Crippen molar-refractivity contribution in [3.05, 3.63) is 42.4 Å². The first-order chi connectivity index (χ1) is 7.79. The molecule has 0 bridgehead atoms. The number of hydrogen-bond acceptors (Lipinski definition) is 4. The van der Waals surface area contributed by atoms with Crippen molar-refractivity contribution in [1.29, 1.82) is 0 Å². The molecular weight excluding hydrogens is 204 g/mol. The molecule has 4 nitrogen and oxygen atoms in total. The van der Waals surface area contributed by atoms with Gasteiger partial charge < -0.3 is 20.2 Å². The quantitative estimate of drug-likeness (QED) is 0.774. The summed E-state index contributed by atoms with van der Waals surface area (Å²) >= 11 is 0. The predicted octanol–water partition coefficient (Wildman–Crippen LogP) is 2.48. The molecule has 0 aliphatic heterocycles. The van der Waals surface area contributed by atoms with Crippen molar-refractivity contribution in [2.75, 3.05) is 18.2 Å². The molecule has 4 heteroatoms. The Kier molecular flexibility index (Phi) is 3.00. The van der Waals surface area contributed by atoms with Crippen LogP contribution in [-0.2, 0) is 6.54 Å². The normalized spacial score (nSPS) is 10.1. The number of anilines is 2. The number of hydrogen-bond donors (Lipinski definition) is 2. The molecule has 0 unspecified atom stereocenters. The van der Waals surface area contributed by atoms with Crippen LogP contribution in [0.3, 0.4) is 0 Å². The van der Waals surface area contributed by atoms with E-state index in [9.17, 15) is 0 Å². The molecule has 16 heavy (non-hydrogen) atoms. The minimum absolute atomic E-state index is 0.631. The molecule has 0 spiro atoms. The van der Waals surface area contributed by atoms with Crippen LogP contribution in [0.25, 0.3) is 0 Å². The number of benzene rings is 1. The van der Waals surface area contributed by atoms with E-state index in [1.807, 2.05) is 30.3 Å². The molecule has 1 heterocycles. The molecule has 0 saturated heterocycles. The minimum atomic E-state index is 0.631. The lowest BCUT2D eigenvalue weighted by molar-refractivity contribution is 0.417. The average Bonchev–Trinajstić information content (AvgIpc) is 2.81. The standard InChI is InChI=1S/C12H14N2O2/c1-15-12-7-9(4-5-11(12)13)14-8-10-3-2-6-16-10/h2-7,14H,8,13H2,1H3. The molecule has 0 amide bonds. The second kappa shape index (κ2) is 4.61. The highest BCUT2D eigenvalue weighted by atomic mass is 16.5. The average molecular weight is 218 g/mol. The van der Waals surface area contributed by atoms with Gasteiger partial charge in [-0.15, -0.1) is 0 Å². The lowest BCUT2D eigenvalue weighted by Crippen LogP contribution is -1.99. The summed E-state index contributed by atoms with van der Waals surface area (Å²) in [6, 6.07) is 9.35. The molecule has 84 valence electrons. The van der Waals surface area contributed by atoms with Crippen LogP contribution in [0.4, 0.5) is 11.4 Å². The van der Waals surface area contributed by atoms with Crippen LogP contribution in [0, 0.1) is 0 Å². The summed E-state index contributed by atoms with van der Waals surface area (Å²) in [5.74, 6) is 1.56. The van der Waals surface area contributed by atoms with Crippen molar-refractivity contribution in [3.63, 3.8) is 0 Å². The lowest BCUT2D eigenvalue weighted by atomic mass is 10.2. The lowest BCUT2D eigenvalue weighted by Gasteiger charge is -2.08. The summed E-state index contributed by atoms with van der Waals surface area (Å²) < 4.78 is 10.4. The van der Waals surface area contributed by atoms with Gasteiger partial charge in [0.15, 0.2) is 0 Å². The fourth-order valence-electron chi connectivity index (χ4n) is 1.42. The highest BCUT2D eigenvalue weighted by Crippen LogP contribution is 2.25. The third kappa shape index (κ3) is 2.28. The second-order valence-electron chi connectivity index (χ2n) is 3.39. The van der Waals surface area contributed by atoms with E-state index in [1.54, 1.807) is 13.4 Å². The van der Waals surface area contributed by atoms with Crippen molar-refractivity contribution in [2.45, 2.75) is 6.54 Å². The van der Waals surface area contributed by atoms with E-state index in [0.717, 1.165) is 11.4 Å². The van der Waals surface area contributed by atoms with Crippen LogP contribution < -0.4 is 15.8 Å². The van der Waals surface area contributed by atoms with Crippen LogP contribution >= 0.6 is 0 Å². The van der Waals surface area contributed by atoms with Gasteiger partial charge in [0.05, 0.1) is 25.6 Å². The maximum atomic E-state index is 5.72. The highest BCUT2D eigenvalue weighted by Gasteiger charge is 2.01. The summed E-state index contributed by atoms with van der Waals surface area (Å²) in [5, 5.41) is 3.22. The number of nitrogens with two attached hydrogens (primary N) is 1. The first kappa shape index (κ1) is 10.4. The molecule has 3 N–H and O–H groups in total. The number of rotatable bonds is 4. The number of methoxy groups -OCH3 is 1. The molecule has 2 aromatic rings. The zero-order valence-corrected chi connectivity index (χ0v) is 9.07. The van der Waals surface area contributed by atoms with Gasteiger partial charge in [0, 0.05) is 11.8 Å². The number of nitrogen functional groups attached to an aromatic ring is 1. The van der Waals surface area contributed by atoms with Gasteiger partial charge >= 0.3 is 0 Å². The topological polar surface area (TPSA) is 60.4 Å². The van der Waals surface area contributed by atoms with Crippen LogP contribution in [-0.4, -0.2) is 7.11 Å². The molecule has 0 radical (unpaired) electrons. The highest BCUT2D eigenvalue weighted by molar-refractivity contribution is 5.61. The molecule has 2 rings (SSSR count). The summed E-state index contributed by atoms with van der Waals surface area (Å²) in [6.45, 7) is 0.639. The molecular formula is C12H14N2O2. The molecule has 0 atom stereocenters. The number of ether oxygens (including phenoxy) is 1. The number of nitrogens with one attached hydrogen (secondary N) is 1. The molecule has 0 aliphatic rings. The van der Waals surface area contributed by atoms with E-state index >= 15 is 0 Å². The maximum Gasteiger partial charge on any atom is 0.143 e. The summed E-state index contributed by atoms with van der Waals surface area (Å²) in [5.41, 5.74) is 7.30. The summed E-state index contributed by atoms with van der Waals surface area (Å²) in [6.07, 6.45) is 1.65. The van der Waals surface area contributed by atoms with Crippen LogP contribution in [0.5, 0.6) is 5.75 Å². The Bertz CT molecular complexity index is 452. The van der Waals surface area contributed by atoms with Gasteiger partial charge in [-0.2, -0.15) is 0 Å². The molecule has 1 aromatic carbocycles. The molecule has 1 aromatic heterocycles. The van der Waals surface area contributed by atoms with Crippen molar-refractivity contribution >= 4 is 11.4 Å². The third-order valence-corrected chi connectivity index (χ3v) is 2.28. The Morgan fingerprint density at radius 3 is 2.94 bits per heavy atom.